The van der Waals surface area contributed by atoms with Gasteiger partial charge in [0.15, 0.2) is 0 Å². The van der Waals surface area contributed by atoms with Crippen molar-refractivity contribution in [1.29, 1.82) is 0 Å². The third-order valence-corrected chi connectivity index (χ3v) is 5.24. The second kappa shape index (κ2) is 11.8. The molecule has 7 heteroatoms. The largest absolute Gasteiger partial charge is 0.491 e. The standard InChI is InChI=1S/C26H33N3O4/c1-19(31)26-27-14-15-29(26)23(17-30)11-6-20-4-7-21(8-5-20)22-9-12-25(13-10-22)33-18-24(32)16-28(2)3/h4-15,19,23-24,30-32H,16-18H2,1-3H3/b11-6+/t19-,23?,24?/m0/s1. The molecule has 1 aromatic heterocycles. The number of imidazole rings is 1. The van der Waals surface area contributed by atoms with Gasteiger partial charge < -0.3 is 29.5 Å². The molecule has 0 bridgehead atoms. The van der Waals surface area contributed by atoms with Crippen molar-refractivity contribution in [2.45, 2.75) is 25.2 Å². The van der Waals surface area contributed by atoms with Gasteiger partial charge in [0.25, 0.3) is 0 Å². The predicted octanol–water partition coefficient (Wildman–Crippen LogP) is 3.15. The minimum Gasteiger partial charge on any atom is -0.491 e. The summed E-state index contributed by atoms with van der Waals surface area (Å²) in [6.45, 7) is 2.38. The van der Waals surface area contributed by atoms with Crippen LogP contribution in [0.5, 0.6) is 5.75 Å². The van der Waals surface area contributed by atoms with Crippen LogP contribution in [0.25, 0.3) is 17.2 Å². The van der Waals surface area contributed by atoms with Gasteiger partial charge in [-0.1, -0.05) is 48.6 Å². The number of benzene rings is 2. The second-order valence-electron chi connectivity index (χ2n) is 8.35. The lowest BCUT2D eigenvalue weighted by Gasteiger charge is -2.16. The fourth-order valence-electron chi connectivity index (χ4n) is 3.59. The fourth-order valence-corrected chi connectivity index (χ4v) is 3.59. The van der Waals surface area contributed by atoms with Crippen LogP contribution in [0.1, 0.15) is 30.5 Å². The summed E-state index contributed by atoms with van der Waals surface area (Å²) in [5.41, 5.74) is 3.15. The van der Waals surface area contributed by atoms with Crippen LogP contribution in [-0.2, 0) is 0 Å². The summed E-state index contributed by atoms with van der Waals surface area (Å²) >= 11 is 0. The maximum absolute atomic E-state index is 9.92. The first-order chi connectivity index (χ1) is 15.9. The Bertz CT molecular complexity index is 1010. The van der Waals surface area contributed by atoms with Crippen molar-refractivity contribution in [1.82, 2.24) is 14.5 Å². The molecule has 33 heavy (non-hydrogen) atoms. The van der Waals surface area contributed by atoms with Crippen LogP contribution in [-0.4, -0.2) is 69.7 Å². The van der Waals surface area contributed by atoms with Gasteiger partial charge in [0.05, 0.1) is 12.6 Å². The molecule has 0 amide bonds. The van der Waals surface area contributed by atoms with E-state index in [4.69, 9.17) is 4.74 Å². The van der Waals surface area contributed by atoms with Crippen LogP contribution >= 0.6 is 0 Å². The highest BCUT2D eigenvalue weighted by Crippen LogP contribution is 2.24. The minimum atomic E-state index is -0.707. The Hall–Kier alpha value is -2.97. The Morgan fingerprint density at radius 2 is 1.67 bits per heavy atom. The molecule has 3 rings (SSSR count). The third-order valence-electron chi connectivity index (χ3n) is 5.24. The van der Waals surface area contributed by atoms with E-state index >= 15 is 0 Å². The number of hydrogen-bond acceptors (Lipinski definition) is 6. The molecular weight excluding hydrogens is 418 g/mol. The molecule has 1 heterocycles. The summed E-state index contributed by atoms with van der Waals surface area (Å²) in [6.07, 6.45) is 5.99. The van der Waals surface area contributed by atoms with E-state index in [-0.39, 0.29) is 19.3 Å². The molecular formula is C26H33N3O4. The van der Waals surface area contributed by atoms with Crippen molar-refractivity contribution in [3.05, 3.63) is 78.4 Å². The second-order valence-corrected chi connectivity index (χ2v) is 8.35. The fraction of sp³-hybridized carbons (Fsp3) is 0.346. The highest BCUT2D eigenvalue weighted by atomic mass is 16.5. The van der Waals surface area contributed by atoms with Gasteiger partial charge in [-0.15, -0.1) is 0 Å². The molecule has 2 unspecified atom stereocenters. The molecule has 3 atom stereocenters. The molecule has 0 saturated carbocycles. The van der Waals surface area contributed by atoms with Gasteiger partial charge >= 0.3 is 0 Å². The summed E-state index contributed by atoms with van der Waals surface area (Å²) in [4.78, 5) is 6.09. The summed E-state index contributed by atoms with van der Waals surface area (Å²) in [7, 11) is 3.83. The van der Waals surface area contributed by atoms with Gasteiger partial charge in [0, 0.05) is 18.9 Å². The van der Waals surface area contributed by atoms with Crippen molar-refractivity contribution in [3.8, 4) is 16.9 Å². The smallest absolute Gasteiger partial charge is 0.137 e. The van der Waals surface area contributed by atoms with Crippen molar-refractivity contribution in [2.75, 3.05) is 33.9 Å². The molecule has 3 aromatic rings. The van der Waals surface area contributed by atoms with E-state index in [1.165, 1.54) is 0 Å². The molecule has 0 saturated heterocycles. The van der Waals surface area contributed by atoms with Gasteiger partial charge in [-0.3, -0.25) is 0 Å². The van der Waals surface area contributed by atoms with Gasteiger partial charge in [0.2, 0.25) is 0 Å². The molecule has 0 aliphatic heterocycles. The topological polar surface area (TPSA) is 91.0 Å². The SMILES string of the molecule is C[C@H](O)c1nccn1C(/C=C/c1ccc(-c2ccc(OCC(O)CN(C)C)cc2)cc1)CO. The monoisotopic (exact) mass is 451 g/mol. The van der Waals surface area contributed by atoms with Crippen LogP contribution in [0.3, 0.4) is 0 Å². The van der Waals surface area contributed by atoms with Gasteiger partial charge in [0.1, 0.15) is 30.4 Å². The first-order valence-corrected chi connectivity index (χ1v) is 11.0. The highest BCUT2D eigenvalue weighted by Gasteiger charge is 2.14. The number of aliphatic hydroxyl groups excluding tert-OH is 3. The van der Waals surface area contributed by atoms with Crippen molar-refractivity contribution in [3.63, 3.8) is 0 Å². The lowest BCUT2D eigenvalue weighted by Crippen LogP contribution is -2.30. The van der Waals surface area contributed by atoms with E-state index < -0.39 is 12.2 Å². The lowest BCUT2D eigenvalue weighted by atomic mass is 10.0. The lowest BCUT2D eigenvalue weighted by molar-refractivity contribution is 0.0831. The Balaban J connectivity index is 1.62. The van der Waals surface area contributed by atoms with E-state index in [2.05, 4.69) is 4.98 Å². The highest BCUT2D eigenvalue weighted by molar-refractivity contribution is 5.66. The number of rotatable bonds is 11. The Kier molecular flexibility index (Phi) is 8.79. The average molecular weight is 452 g/mol. The molecule has 0 aliphatic rings. The van der Waals surface area contributed by atoms with Gasteiger partial charge in [-0.25, -0.2) is 4.98 Å². The number of likely N-dealkylation sites (N-methyl/N-ethyl adjacent to an activating group) is 1. The molecule has 176 valence electrons. The number of ether oxygens (including phenoxy) is 1. The zero-order valence-corrected chi connectivity index (χ0v) is 19.4. The molecule has 0 aliphatic carbocycles. The Morgan fingerprint density at radius 1 is 1.03 bits per heavy atom. The summed E-state index contributed by atoms with van der Waals surface area (Å²) < 4.78 is 7.45. The van der Waals surface area contributed by atoms with Crippen molar-refractivity contribution >= 4 is 6.08 Å². The van der Waals surface area contributed by atoms with E-state index in [9.17, 15) is 15.3 Å². The van der Waals surface area contributed by atoms with Crippen LogP contribution in [0, 0.1) is 0 Å². The van der Waals surface area contributed by atoms with Crippen LogP contribution < -0.4 is 4.74 Å². The average Bonchev–Trinajstić information content (AvgIpc) is 3.29. The van der Waals surface area contributed by atoms with Gasteiger partial charge in [-0.05, 0) is 49.8 Å². The van der Waals surface area contributed by atoms with Crippen molar-refractivity contribution in [2.24, 2.45) is 0 Å². The minimum absolute atomic E-state index is 0.0920. The molecule has 3 N–H and O–H groups in total. The number of aromatic nitrogens is 2. The third kappa shape index (κ3) is 7.00. The molecule has 0 fully saturated rings. The van der Waals surface area contributed by atoms with E-state index in [0.29, 0.717) is 12.4 Å². The number of aliphatic hydroxyl groups is 3. The summed E-state index contributed by atoms with van der Waals surface area (Å²) in [5, 5.41) is 29.6. The number of nitrogens with zero attached hydrogens (tertiary/aromatic N) is 3. The van der Waals surface area contributed by atoms with E-state index in [1.54, 1.807) is 23.9 Å². The van der Waals surface area contributed by atoms with E-state index in [0.717, 1.165) is 22.4 Å². The van der Waals surface area contributed by atoms with E-state index in [1.807, 2.05) is 79.7 Å². The predicted molar refractivity (Wildman–Crippen MR) is 130 cm³/mol. The Labute approximate surface area is 195 Å². The van der Waals surface area contributed by atoms with Gasteiger partial charge in [-0.2, -0.15) is 0 Å². The summed E-state index contributed by atoms with van der Waals surface area (Å²) in [5.74, 6) is 1.25. The first kappa shape index (κ1) is 24.7. The molecule has 0 radical (unpaired) electrons. The van der Waals surface area contributed by atoms with Crippen molar-refractivity contribution < 1.29 is 20.1 Å². The molecule has 2 aromatic carbocycles. The van der Waals surface area contributed by atoms with Crippen LogP contribution in [0.4, 0.5) is 0 Å². The molecule has 7 nitrogen and oxygen atoms in total. The number of hydrogen-bond donors (Lipinski definition) is 3. The first-order valence-electron chi connectivity index (χ1n) is 11.0. The maximum Gasteiger partial charge on any atom is 0.137 e. The zero-order valence-electron chi connectivity index (χ0n) is 19.4. The normalized spacial score (nSPS) is 14.5. The quantitative estimate of drug-likeness (QED) is 0.415. The Morgan fingerprint density at radius 3 is 2.24 bits per heavy atom. The molecule has 0 spiro atoms. The maximum atomic E-state index is 9.92. The van der Waals surface area contributed by atoms with Crippen LogP contribution in [0.2, 0.25) is 0 Å². The zero-order chi connectivity index (χ0) is 23.8. The summed E-state index contributed by atoms with van der Waals surface area (Å²) in [6, 6.07) is 15.6. The van der Waals surface area contributed by atoms with Crippen LogP contribution in [0.15, 0.2) is 67.0 Å².